The summed E-state index contributed by atoms with van der Waals surface area (Å²) in [5.41, 5.74) is 3.65. The minimum Gasteiger partial charge on any atom is -0.403 e. The second-order valence-electron chi connectivity index (χ2n) is 4.08. The van der Waals surface area contributed by atoms with Crippen LogP contribution in [0.5, 0.6) is 0 Å². The van der Waals surface area contributed by atoms with E-state index in [1.54, 1.807) is 0 Å². The van der Waals surface area contributed by atoms with Crippen molar-refractivity contribution in [2.75, 3.05) is 0 Å². The molecule has 15 heavy (non-hydrogen) atoms. The first-order valence-electron chi connectivity index (χ1n) is 5.72. The Balaban J connectivity index is 2.15. The molecular weight excluding hydrogens is 200 g/mol. The molecule has 2 heteroatoms. The monoisotopic (exact) mass is 218 g/mol. The van der Waals surface area contributed by atoms with Gasteiger partial charge in [0.25, 0.3) is 0 Å². The average molecular weight is 218 g/mol. The molecule has 80 valence electrons. The Morgan fingerprint density at radius 1 is 1.13 bits per heavy atom. The molecule has 1 nitrogen and oxygen atoms in total. The van der Waals surface area contributed by atoms with Crippen molar-refractivity contribution >= 4 is 8.32 Å². The van der Waals surface area contributed by atoms with Gasteiger partial charge >= 0.3 is 0 Å². The lowest BCUT2D eigenvalue weighted by Gasteiger charge is -2.24. The fourth-order valence-corrected chi connectivity index (χ4v) is 4.70. The van der Waals surface area contributed by atoms with Crippen LogP contribution in [-0.2, 0) is 4.43 Å². The molecule has 0 saturated carbocycles. The van der Waals surface area contributed by atoms with Gasteiger partial charge in [-0.25, -0.2) is 0 Å². The summed E-state index contributed by atoms with van der Waals surface area (Å²) in [6, 6.07) is 12.9. The summed E-state index contributed by atoms with van der Waals surface area (Å²) in [7, 11) is -1.51. The molecule has 0 saturated heterocycles. The first-order chi connectivity index (χ1) is 7.29. The van der Waals surface area contributed by atoms with E-state index in [1.807, 2.05) is 6.07 Å². The van der Waals surface area contributed by atoms with Crippen molar-refractivity contribution in [1.29, 1.82) is 0 Å². The van der Waals surface area contributed by atoms with E-state index >= 15 is 0 Å². The van der Waals surface area contributed by atoms with Crippen LogP contribution in [0.2, 0.25) is 12.1 Å². The van der Waals surface area contributed by atoms with E-state index in [4.69, 9.17) is 4.43 Å². The number of hydrogen-bond donors (Lipinski definition) is 0. The van der Waals surface area contributed by atoms with E-state index in [0.29, 0.717) is 0 Å². The maximum Gasteiger partial charge on any atom is 0.217 e. The molecule has 1 aromatic carbocycles. The largest absolute Gasteiger partial charge is 0.403 e. The lowest BCUT2D eigenvalue weighted by atomic mass is 10.1. The maximum absolute atomic E-state index is 6.26. The zero-order chi connectivity index (χ0) is 10.7. The summed E-state index contributed by atoms with van der Waals surface area (Å²) in [5.74, 6) is 0. The van der Waals surface area contributed by atoms with Gasteiger partial charge in [-0.3, -0.25) is 0 Å². The molecule has 0 aliphatic carbocycles. The predicted molar refractivity (Wildman–Crippen MR) is 66.1 cm³/mol. The van der Waals surface area contributed by atoms with E-state index in [-0.39, 0.29) is 6.10 Å². The molecule has 0 N–H and O–H groups in total. The van der Waals surface area contributed by atoms with E-state index in [2.05, 4.69) is 49.9 Å². The van der Waals surface area contributed by atoms with Gasteiger partial charge < -0.3 is 4.43 Å². The minimum atomic E-state index is -1.51. The van der Waals surface area contributed by atoms with E-state index < -0.39 is 8.32 Å². The first-order valence-corrected chi connectivity index (χ1v) is 8.12. The molecule has 1 aliphatic rings. The summed E-state index contributed by atoms with van der Waals surface area (Å²) in [5, 5.41) is 0. The summed E-state index contributed by atoms with van der Waals surface area (Å²) < 4.78 is 6.26. The van der Waals surface area contributed by atoms with Crippen molar-refractivity contribution < 1.29 is 4.43 Å². The van der Waals surface area contributed by atoms with Crippen LogP contribution in [-0.4, -0.2) is 8.32 Å². The van der Waals surface area contributed by atoms with Gasteiger partial charge in [-0.1, -0.05) is 56.0 Å². The van der Waals surface area contributed by atoms with Gasteiger partial charge in [-0.2, -0.15) is 0 Å². The van der Waals surface area contributed by atoms with Crippen LogP contribution in [0, 0.1) is 0 Å². The SMILES string of the molecule is CC[Si]1(CC)C=CC(c2ccccc2)O1. The lowest BCUT2D eigenvalue weighted by Crippen LogP contribution is -2.31. The van der Waals surface area contributed by atoms with Crippen LogP contribution in [0.1, 0.15) is 25.5 Å². The third-order valence-electron chi connectivity index (χ3n) is 3.26. The van der Waals surface area contributed by atoms with Gasteiger partial charge in [0.2, 0.25) is 8.32 Å². The van der Waals surface area contributed by atoms with Crippen molar-refractivity contribution in [1.82, 2.24) is 0 Å². The molecule has 0 radical (unpaired) electrons. The highest BCUT2D eigenvalue weighted by Crippen LogP contribution is 2.34. The molecule has 1 heterocycles. The van der Waals surface area contributed by atoms with Crippen molar-refractivity contribution in [2.24, 2.45) is 0 Å². The van der Waals surface area contributed by atoms with E-state index in [1.165, 1.54) is 17.7 Å². The van der Waals surface area contributed by atoms with Gasteiger partial charge in [0, 0.05) is 0 Å². The smallest absolute Gasteiger partial charge is 0.217 e. The van der Waals surface area contributed by atoms with Crippen LogP contribution in [0.25, 0.3) is 0 Å². The molecule has 2 rings (SSSR count). The van der Waals surface area contributed by atoms with Crippen LogP contribution < -0.4 is 0 Å². The Kier molecular flexibility index (Phi) is 3.07. The van der Waals surface area contributed by atoms with Gasteiger partial charge in [0.15, 0.2) is 0 Å². The third kappa shape index (κ3) is 2.06. The van der Waals surface area contributed by atoms with Gasteiger partial charge in [0.1, 0.15) is 0 Å². The molecule has 1 aromatic rings. The van der Waals surface area contributed by atoms with Crippen molar-refractivity contribution in [2.45, 2.75) is 32.0 Å². The van der Waals surface area contributed by atoms with Crippen LogP contribution in [0.3, 0.4) is 0 Å². The molecule has 0 amide bonds. The predicted octanol–water partition coefficient (Wildman–Crippen LogP) is 3.84. The number of rotatable bonds is 3. The second kappa shape index (κ2) is 4.33. The van der Waals surface area contributed by atoms with E-state index in [0.717, 1.165) is 0 Å². The highest BCUT2D eigenvalue weighted by atomic mass is 28.4. The third-order valence-corrected chi connectivity index (χ3v) is 7.18. The standard InChI is InChI=1S/C13H18OSi/c1-3-15(4-2)11-10-13(14-15)12-8-6-5-7-9-12/h5-11,13H,3-4H2,1-2H3. The van der Waals surface area contributed by atoms with Crippen LogP contribution >= 0.6 is 0 Å². The molecule has 1 unspecified atom stereocenters. The summed E-state index contributed by atoms with van der Waals surface area (Å²) >= 11 is 0. The molecule has 0 spiro atoms. The topological polar surface area (TPSA) is 9.23 Å². The normalized spacial score (nSPS) is 23.2. The molecular formula is C13H18OSi. The quantitative estimate of drug-likeness (QED) is 0.700. The second-order valence-corrected chi connectivity index (χ2v) is 8.19. The molecule has 0 fully saturated rings. The zero-order valence-electron chi connectivity index (χ0n) is 9.44. The Morgan fingerprint density at radius 3 is 2.33 bits per heavy atom. The van der Waals surface area contributed by atoms with Crippen molar-refractivity contribution in [3.05, 3.63) is 47.7 Å². The molecule has 1 atom stereocenters. The average Bonchev–Trinajstić information content (AvgIpc) is 2.75. The Bertz CT molecular complexity index is 341. The first kappa shape index (κ1) is 10.6. The summed E-state index contributed by atoms with van der Waals surface area (Å²) in [4.78, 5) is 0. The van der Waals surface area contributed by atoms with Crippen LogP contribution in [0.15, 0.2) is 42.1 Å². The lowest BCUT2D eigenvalue weighted by molar-refractivity contribution is 0.257. The Hall–Kier alpha value is -0.863. The fraction of sp³-hybridized carbons (Fsp3) is 0.385. The van der Waals surface area contributed by atoms with Crippen molar-refractivity contribution in [3.63, 3.8) is 0 Å². The number of hydrogen-bond acceptors (Lipinski definition) is 1. The molecule has 0 aromatic heterocycles. The summed E-state index contributed by atoms with van der Waals surface area (Å²) in [6.45, 7) is 4.49. The maximum atomic E-state index is 6.26. The minimum absolute atomic E-state index is 0.206. The molecule has 0 bridgehead atoms. The van der Waals surface area contributed by atoms with Gasteiger partial charge in [-0.05, 0) is 17.7 Å². The highest BCUT2D eigenvalue weighted by Gasteiger charge is 2.35. The molecule has 1 aliphatic heterocycles. The van der Waals surface area contributed by atoms with Gasteiger partial charge in [-0.15, -0.1) is 0 Å². The fourth-order valence-electron chi connectivity index (χ4n) is 2.07. The Labute approximate surface area is 92.9 Å². The van der Waals surface area contributed by atoms with Crippen LogP contribution in [0.4, 0.5) is 0 Å². The van der Waals surface area contributed by atoms with Gasteiger partial charge in [0.05, 0.1) is 6.10 Å². The summed E-state index contributed by atoms with van der Waals surface area (Å²) in [6.07, 6.45) is 2.45. The Morgan fingerprint density at radius 2 is 1.80 bits per heavy atom. The van der Waals surface area contributed by atoms with Crippen molar-refractivity contribution in [3.8, 4) is 0 Å². The van der Waals surface area contributed by atoms with E-state index in [9.17, 15) is 0 Å². The zero-order valence-corrected chi connectivity index (χ0v) is 10.4. The highest BCUT2D eigenvalue weighted by molar-refractivity contribution is 6.79. The number of benzene rings is 1.